The molecule has 2 aliphatic heterocycles. The van der Waals surface area contributed by atoms with E-state index in [4.69, 9.17) is 0 Å². The van der Waals surface area contributed by atoms with Crippen LogP contribution in [0.4, 0.5) is 8.78 Å². The number of alkyl halides is 2. The van der Waals surface area contributed by atoms with E-state index in [2.05, 4.69) is 30.6 Å². The minimum Gasteiger partial charge on any atom is -0.303 e. The predicted octanol–water partition coefficient (Wildman–Crippen LogP) is 3.72. The highest BCUT2D eigenvalue weighted by molar-refractivity contribution is 4.93. The van der Waals surface area contributed by atoms with Crippen molar-refractivity contribution in [1.82, 2.24) is 9.80 Å². The Bertz CT molecular complexity index is 325. The molecule has 2 atom stereocenters. The van der Waals surface area contributed by atoms with Gasteiger partial charge in [-0.3, -0.25) is 4.90 Å². The van der Waals surface area contributed by atoms with Gasteiger partial charge in [0, 0.05) is 12.0 Å². The van der Waals surface area contributed by atoms with E-state index in [1.807, 2.05) is 6.92 Å². The summed E-state index contributed by atoms with van der Waals surface area (Å²) in [7, 11) is 0. The van der Waals surface area contributed by atoms with Crippen molar-refractivity contribution in [2.24, 2.45) is 17.8 Å². The van der Waals surface area contributed by atoms with E-state index in [-0.39, 0.29) is 12.5 Å². The van der Waals surface area contributed by atoms with Gasteiger partial charge in [-0.2, -0.15) is 0 Å². The van der Waals surface area contributed by atoms with Gasteiger partial charge >= 0.3 is 0 Å². The predicted molar refractivity (Wildman–Crippen MR) is 83.8 cm³/mol. The average molecular weight is 302 g/mol. The summed E-state index contributed by atoms with van der Waals surface area (Å²) in [4.78, 5) is 4.50. The normalized spacial score (nSPS) is 30.7. The second-order valence-electron chi connectivity index (χ2n) is 7.40. The van der Waals surface area contributed by atoms with Crippen LogP contribution in [0.5, 0.6) is 0 Å². The minimum atomic E-state index is -2.52. The smallest absolute Gasteiger partial charge is 0.263 e. The zero-order valence-electron chi connectivity index (χ0n) is 14.1. The first-order chi connectivity index (χ1) is 9.85. The molecule has 0 bridgehead atoms. The van der Waals surface area contributed by atoms with Crippen molar-refractivity contribution >= 4 is 0 Å². The molecule has 0 saturated carbocycles. The second kappa shape index (κ2) is 6.91. The van der Waals surface area contributed by atoms with Crippen molar-refractivity contribution < 1.29 is 8.78 Å². The van der Waals surface area contributed by atoms with E-state index in [0.29, 0.717) is 18.4 Å². The Hall–Kier alpha value is -0.220. The van der Waals surface area contributed by atoms with Crippen molar-refractivity contribution in [3.63, 3.8) is 0 Å². The van der Waals surface area contributed by atoms with Gasteiger partial charge in [-0.1, -0.05) is 27.7 Å². The fourth-order valence-electron chi connectivity index (χ4n) is 4.01. The van der Waals surface area contributed by atoms with Crippen molar-refractivity contribution in [3.8, 4) is 0 Å². The van der Waals surface area contributed by atoms with Crippen LogP contribution in [0.25, 0.3) is 0 Å². The zero-order valence-corrected chi connectivity index (χ0v) is 14.1. The highest BCUT2D eigenvalue weighted by Crippen LogP contribution is 2.41. The van der Waals surface area contributed by atoms with E-state index >= 15 is 0 Å². The molecule has 2 unspecified atom stereocenters. The molecule has 0 amide bonds. The third-order valence-electron chi connectivity index (χ3n) is 5.89. The maximum atomic E-state index is 14.6. The van der Waals surface area contributed by atoms with Gasteiger partial charge in [0.15, 0.2) is 0 Å². The Kier molecular flexibility index (Phi) is 5.64. The second-order valence-corrected chi connectivity index (χ2v) is 7.40. The summed E-state index contributed by atoms with van der Waals surface area (Å²) in [6.45, 7) is 12.3. The number of piperidine rings is 2. The first kappa shape index (κ1) is 17.1. The summed E-state index contributed by atoms with van der Waals surface area (Å²) in [6.07, 6.45) is 2.75. The van der Waals surface area contributed by atoms with E-state index in [0.717, 1.165) is 39.0 Å². The van der Waals surface area contributed by atoms with Crippen molar-refractivity contribution in [2.45, 2.75) is 58.9 Å². The number of nitrogens with zero attached hydrogens (tertiary/aromatic N) is 2. The van der Waals surface area contributed by atoms with Gasteiger partial charge in [-0.25, -0.2) is 8.78 Å². The van der Waals surface area contributed by atoms with Crippen LogP contribution in [-0.4, -0.2) is 54.5 Å². The van der Waals surface area contributed by atoms with Gasteiger partial charge in [-0.15, -0.1) is 0 Å². The fraction of sp³-hybridized carbons (Fsp3) is 1.00. The summed E-state index contributed by atoms with van der Waals surface area (Å²) < 4.78 is 29.2. The lowest BCUT2D eigenvalue weighted by atomic mass is 9.76. The molecule has 124 valence electrons. The Labute approximate surface area is 128 Å². The molecular weight excluding hydrogens is 270 g/mol. The molecule has 2 fully saturated rings. The van der Waals surface area contributed by atoms with Gasteiger partial charge in [-0.05, 0) is 57.3 Å². The maximum Gasteiger partial charge on any atom is 0.263 e. The third-order valence-corrected chi connectivity index (χ3v) is 5.89. The summed E-state index contributed by atoms with van der Waals surface area (Å²) >= 11 is 0. The van der Waals surface area contributed by atoms with Crippen LogP contribution in [0.1, 0.15) is 47.0 Å². The summed E-state index contributed by atoms with van der Waals surface area (Å²) in [6, 6.07) is 0.369. The molecule has 21 heavy (non-hydrogen) atoms. The molecular formula is C17H32F2N2. The lowest BCUT2D eigenvalue weighted by Gasteiger charge is -2.46. The molecule has 2 saturated heterocycles. The molecule has 0 aromatic carbocycles. The summed E-state index contributed by atoms with van der Waals surface area (Å²) in [5, 5.41) is 0. The van der Waals surface area contributed by atoms with Crippen LogP contribution in [0.15, 0.2) is 0 Å². The summed E-state index contributed by atoms with van der Waals surface area (Å²) in [5.41, 5.74) is 0. The molecule has 0 radical (unpaired) electrons. The molecule has 2 nitrogen and oxygen atoms in total. The van der Waals surface area contributed by atoms with Crippen LogP contribution in [0.3, 0.4) is 0 Å². The van der Waals surface area contributed by atoms with E-state index in [1.165, 1.54) is 0 Å². The molecule has 2 aliphatic rings. The minimum absolute atomic E-state index is 0.0223. The van der Waals surface area contributed by atoms with Gasteiger partial charge < -0.3 is 4.90 Å². The first-order valence-electron chi connectivity index (χ1n) is 8.69. The van der Waals surface area contributed by atoms with E-state index in [9.17, 15) is 8.78 Å². The molecule has 0 aliphatic carbocycles. The summed E-state index contributed by atoms with van der Waals surface area (Å²) in [5.74, 6) is -2.53. The molecule has 0 aromatic rings. The van der Waals surface area contributed by atoms with E-state index < -0.39 is 11.8 Å². The third kappa shape index (κ3) is 3.95. The quantitative estimate of drug-likeness (QED) is 0.781. The number of hydrogen-bond acceptors (Lipinski definition) is 2. The monoisotopic (exact) mass is 302 g/mol. The van der Waals surface area contributed by atoms with Gasteiger partial charge in [0.1, 0.15) is 0 Å². The standard InChI is InChI=1S/C17H32F2N2/c1-5-20-9-6-15(7-10-20)21-11-8-16(14(4)13(2)3)17(18,19)12-21/h13-16H,5-12H2,1-4H3. The topological polar surface area (TPSA) is 6.48 Å². The number of hydrogen-bond donors (Lipinski definition) is 0. The Morgan fingerprint density at radius 1 is 1.05 bits per heavy atom. The maximum absolute atomic E-state index is 14.6. The lowest BCUT2D eigenvalue weighted by molar-refractivity contribution is -0.142. The molecule has 2 rings (SSSR count). The van der Waals surface area contributed by atoms with Crippen molar-refractivity contribution in [2.75, 3.05) is 32.7 Å². The number of halogens is 2. The Morgan fingerprint density at radius 3 is 2.14 bits per heavy atom. The van der Waals surface area contributed by atoms with Crippen LogP contribution in [0.2, 0.25) is 0 Å². The zero-order chi connectivity index (χ0) is 15.6. The van der Waals surface area contributed by atoms with Crippen LogP contribution in [0, 0.1) is 17.8 Å². The molecule has 4 heteroatoms. The number of likely N-dealkylation sites (tertiary alicyclic amines) is 2. The van der Waals surface area contributed by atoms with Crippen molar-refractivity contribution in [3.05, 3.63) is 0 Å². The largest absolute Gasteiger partial charge is 0.303 e. The molecule has 0 N–H and O–H groups in total. The lowest BCUT2D eigenvalue weighted by Crippen LogP contribution is -2.56. The van der Waals surface area contributed by atoms with Crippen LogP contribution in [-0.2, 0) is 0 Å². The fourth-order valence-corrected chi connectivity index (χ4v) is 4.01. The van der Waals surface area contributed by atoms with E-state index in [1.54, 1.807) is 0 Å². The Balaban J connectivity index is 1.93. The van der Waals surface area contributed by atoms with Crippen LogP contribution < -0.4 is 0 Å². The van der Waals surface area contributed by atoms with Gasteiger partial charge in [0.05, 0.1) is 6.54 Å². The van der Waals surface area contributed by atoms with Crippen molar-refractivity contribution in [1.29, 1.82) is 0 Å². The average Bonchev–Trinajstić information content (AvgIpc) is 2.45. The highest BCUT2D eigenvalue weighted by atomic mass is 19.3. The molecule has 0 aromatic heterocycles. The van der Waals surface area contributed by atoms with Gasteiger partial charge in [0.25, 0.3) is 5.92 Å². The highest BCUT2D eigenvalue weighted by Gasteiger charge is 2.48. The first-order valence-corrected chi connectivity index (χ1v) is 8.69. The molecule has 0 spiro atoms. The number of rotatable bonds is 4. The molecule has 2 heterocycles. The van der Waals surface area contributed by atoms with Gasteiger partial charge in [0.2, 0.25) is 0 Å². The SMILES string of the molecule is CCN1CCC(N2CCC(C(C)C(C)C)C(F)(F)C2)CC1. The Morgan fingerprint density at radius 2 is 1.67 bits per heavy atom. The van der Waals surface area contributed by atoms with Crippen LogP contribution >= 0.6 is 0 Å².